The number of nitrogens with zero attached hydrogens (tertiary/aromatic N) is 1. The van der Waals surface area contributed by atoms with Crippen LogP contribution in [0.15, 0.2) is 6.07 Å². The Morgan fingerprint density at radius 3 is 2.84 bits per heavy atom. The summed E-state index contributed by atoms with van der Waals surface area (Å²) in [7, 11) is 0. The molecule has 1 N–H and O–H groups in total. The highest BCUT2D eigenvalue weighted by Gasteiger charge is 2.38. The zero-order valence-electron chi connectivity index (χ0n) is 15.4. The van der Waals surface area contributed by atoms with Gasteiger partial charge >= 0.3 is 0 Å². The van der Waals surface area contributed by atoms with Gasteiger partial charge in [0.2, 0.25) is 0 Å². The third-order valence-corrected chi connectivity index (χ3v) is 6.39. The van der Waals surface area contributed by atoms with E-state index < -0.39 is 0 Å². The zero-order chi connectivity index (χ0) is 16.8. The third-order valence-electron chi connectivity index (χ3n) is 6.39. The minimum absolute atomic E-state index is 0.451. The lowest BCUT2D eigenvalue weighted by Crippen LogP contribution is -2.44. The maximum atomic E-state index is 6.26. The van der Waals surface area contributed by atoms with E-state index in [1.54, 1.807) is 11.1 Å². The molecule has 4 nitrogen and oxygen atoms in total. The number of fused-ring (bicyclic) bond motifs is 2. The second kappa shape index (κ2) is 6.48. The number of rotatable bonds is 3. The molecule has 0 bridgehead atoms. The molecule has 4 heteroatoms. The van der Waals surface area contributed by atoms with Gasteiger partial charge < -0.3 is 19.7 Å². The van der Waals surface area contributed by atoms with Gasteiger partial charge in [0.05, 0.1) is 18.3 Å². The van der Waals surface area contributed by atoms with E-state index in [2.05, 4.69) is 23.2 Å². The highest BCUT2D eigenvalue weighted by molar-refractivity contribution is 5.71. The van der Waals surface area contributed by atoms with E-state index in [9.17, 15) is 0 Å². The van der Waals surface area contributed by atoms with Crippen LogP contribution in [-0.4, -0.2) is 45.5 Å². The van der Waals surface area contributed by atoms with E-state index >= 15 is 0 Å². The van der Waals surface area contributed by atoms with E-state index in [-0.39, 0.29) is 0 Å². The minimum atomic E-state index is 0.451. The maximum absolute atomic E-state index is 6.26. The van der Waals surface area contributed by atoms with E-state index in [0.717, 1.165) is 57.5 Å². The van der Waals surface area contributed by atoms with Crippen molar-refractivity contribution in [2.24, 2.45) is 5.92 Å². The van der Waals surface area contributed by atoms with Crippen molar-refractivity contribution in [3.63, 3.8) is 0 Å². The molecule has 1 saturated heterocycles. The molecule has 3 aliphatic heterocycles. The highest BCUT2D eigenvalue weighted by Crippen LogP contribution is 2.52. The lowest BCUT2D eigenvalue weighted by Gasteiger charge is -2.40. The lowest BCUT2D eigenvalue weighted by atomic mass is 9.90. The van der Waals surface area contributed by atoms with Crippen LogP contribution in [0.5, 0.6) is 5.75 Å². The molecule has 0 unspecified atom stereocenters. The van der Waals surface area contributed by atoms with Crippen LogP contribution in [0.2, 0.25) is 0 Å². The van der Waals surface area contributed by atoms with Gasteiger partial charge in [0.1, 0.15) is 12.4 Å². The third kappa shape index (κ3) is 2.93. The monoisotopic (exact) mass is 342 g/mol. The highest BCUT2D eigenvalue weighted by atomic mass is 16.5. The first-order valence-electron chi connectivity index (χ1n) is 10.2. The number of benzene rings is 1. The Bertz CT molecular complexity index is 650. The van der Waals surface area contributed by atoms with Crippen LogP contribution in [0.1, 0.15) is 48.8 Å². The van der Waals surface area contributed by atoms with Gasteiger partial charge in [-0.2, -0.15) is 0 Å². The maximum Gasteiger partial charge on any atom is 0.143 e. The standard InChI is InChI=1S/C21H30N2O2/c1-14-12-25-19-10-17-4-7-22-8-5-18(17)20(16-2-3-16)21(19)23(14)11-15-6-9-24-13-15/h10,14-16,22H,2-9,11-13H2,1H3/t14-,15+/m1/s1. The molecule has 2 fully saturated rings. The normalized spacial score (nSPS) is 28.9. The van der Waals surface area contributed by atoms with Gasteiger partial charge in [0.15, 0.2) is 0 Å². The predicted octanol–water partition coefficient (Wildman–Crippen LogP) is 2.88. The molecule has 25 heavy (non-hydrogen) atoms. The number of nitrogens with one attached hydrogen (secondary N) is 1. The molecule has 136 valence electrons. The van der Waals surface area contributed by atoms with Gasteiger partial charge in [-0.3, -0.25) is 0 Å². The molecule has 1 aromatic rings. The Morgan fingerprint density at radius 1 is 1.16 bits per heavy atom. The van der Waals surface area contributed by atoms with Gasteiger partial charge in [-0.05, 0) is 80.8 Å². The van der Waals surface area contributed by atoms with Gasteiger partial charge in [0.25, 0.3) is 0 Å². The summed E-state index contributed by atoms with van der Waals surface area (Å²) in [6.45, 7) is 8.31. The number of hydrogen-bond acceptors (Lipinski definition) is 4. The van der Waals surface area contributed by atoms with Gasteiger partial charge in [-0.25, -0.2) is 0 Å². The van der Waals surface area contributed by atoms with Crippen molar-refractivity contribution in [3.05, 3.63) is 22.8 Å². The molecule has 0 amide bonds. The van der Waals surface area contributed by atoms with Crippen LogP contribution in [0.4, 0.5) is 5.69 Å². The molecule has 0 spiro atoms. The van der Waals surface area contributed by atoms with Crippen molar-refractivity contribution >= 4 is 5.69 Å². The number of ether oxygens (including phenoxy) is 2. The van der Waals surface area contributed by atoms with Crippen molar-refractivity contribution in [1.29, 1.82) is 0 Å². The Morgan fingerprint density at radius 2 is 2.04 bits per heavy atom. The average Bonchev–Trinajstić information content (AvgIpc) is 3.37. The smallest absolute Gasteiger partial charge is 0.143 e. The second-order valence-corrected chi connectivity index (χ2v) is 8.34. The quantitative estimate of drug-likeness (QED) is 0.916. The fraction of sp³-hybridized carbons (Fsp3) is 0.714. The van der Waals surface area contributed by atoms with Crippen LogP contribution in [-0.2, 0) is 17.6 Å². The van der Waals surface area contributed by atoms with E-state index in [4.69, 9.17) is 9.47 Å². The van der Waals surface area contributed by atoms with Crippen molar-refractivity contribution in [2.45, 2.75) is 51.0 Å². The molecule has 3 heterocycles. The number of hydrogen-bond donors (Lipinski definition) is 1. The molecular formula is C21H30N2O2. The molecule has 5 rings (SSSR count). The van der Waals surface area contributed by atoms with Crippen molar-refractivity contribution in [3.8, 4) is 5.75 Å². The first kappa shape index (κ1) is 16.0. The largest absolute Gasteiger partial charge is 0.489 e. The Hall–Kier alpha value is -1.26. The molecule has 4 aliphatic rings. The molecule has 2 atom stereocenters. The summed E-state index contributed by atoms with van der Waals surface area (Å²) in [4.78, 5) is 2.67. The summed E-state index contributed by atoms with van der Waals surface area (Å²) >= 11 is 0. The summed E-state index contributed by atoms with van der Waals surface area (Å²) < 4.78 is 11.9. The second-order valence-electron chi connectivity index (χ2n) is 8.34. The van der Waals surface area contributed by atoms with Crippen LogP contribution in [0.3, 0.4) is 0 Å². The predicted molar refractivity (Wildman–Crippen MR) is 99.9 cm³/mol. The average molecular weight is 342 g/mol. The molecule has 1 aromatic carbocycles. The first-order valence-corrected chi connectivity index (χ1v) is 10.2. The van der Waals surface area contributed by atoms with Crippen LogP contribution < -0.4 is 15.0 Å². The van der Waals surface area contributed by atoms with Crippen LogP contribution in [0.25, 0.3) is 0 Å². The Balaban J connectivity index is 1.59. The van der Waals surface area contributed by atoms with Crippen molar-refractivity contribution in [1.82, 2.24) is 5.32 Å². The van der Waals surface area contributed by atoms with Crippen LogP contribution in [0, 0.1) is 5.92 Å². The fourth-order valence-electron chi connectivity index (χ4n) is 4.86. The summed E-state index contributed by atoms with van der Waals surface area (Å²) in [5, 5.41) is 3.58. The van der Waals surface area contributed by atoms with Gasteiger partial charge in [-0.1, -0.05) is 0 Å². The van der Waals surface area contributed by atoms with Gasteiger partial charge in [-0.15, -0.1) is 0 Å². The fourth-order valence-corrected chi connectivity index (χ4v) is 4.86. The summed E-state index contributed by atoms with van der Waals surface area (Å²) in [5.74, 6) is 2.58. The van der Waals surface area contributed by atoms with Crippen LogP contribution >= 0.6 is 0 Å². The van der Waals surface area contributed by atoms with Crippen molar-refractivity contribution < 1.29 is 9.47 Å². The van der Waals surface area contributed by atoms with E-state index in [0.29, 0.717) is 12.0 Å². The summed E-state index contributed by atoms with van der Waals surface area (Å²) in [6.07, 6.45) is 6.21. The van der Waals surface area contributed by atoms with E-state index in [1.165, 1.54) is 36.9 Å². The minimum Gasteiger partial charge on any atom is -0.489 e. The Labute approximate surface area is 150 Å². The lowest BCUT2D eigenvalue weighted by molar-refractivity contribution is 0.184. The first-order chi connectivity index (χ1) is 12.3. The SMILES string of the molecule is C[C@@H]1COc2cc3c(c(C4CC4)c2N1C[C@@H]1CCOC1)CCNCC3. The molecule has 0 aromatic heterocycles. The molecular weight excluding hydrogens is 312 g/mol. The number of anilines is 1. The van der Waals surface area contributed by atoms with E-state index in [1.807, 2.05) is 0 Å². The summed E-state index contributed by atoms with van der Waals surface area (Å²) in [5.41, 5.74) is 6.25. The summed E-state index contributed by atoms with van der Waals surface area (Å²) in [6, 6.07) is 2.82. The molecule has 0 radical (unpaired) electrons. The van der Waals surface area contributed by atoms with Crippen molar-refractivity contribution in [2.75, 3.05) is 44.4 Å². The molecule has 1 aliphatic carbocycles. The topological polar surface area (TPSA) is 33.7 Å². The zero-order valence-corrected chi connectivity index (χ0v) is 15.4. The Kier molecular flexibility index (Phi) is 4.13. The molecule has 1 saturated carbocycles. The van der Waals surface area contributed by atoms with Gasteiger partial charge in [0, 0.05) is 19.1 Å².